The predicted octanol–water partition coefficient (Wildman–Crippen LogP) is 3.99. The third kappa shape index (κ3) is 3.05. The van der Waals surface area contributed by atoms with Crippen molar-refractivity contribution >= 4 is 22.9 Å². The van der Waals surface area contributed by atoms with E-state index in [2.05, 4.69) is 0 Å². The Morgan fingerprint density at radius 1 is 1.39 bits per heavy atom. The number of aliphatic hydroxyl groups excluding tert-OH is 1. The first-order valence-corrected chi connectivity index (χ1v) is 6.86. The minimum absolute atomic E-state index is 0.520. The molecule has 1 atom stereocenters. The van der Waals surface area contributed by atoms with E-state index in [1.54, 1.807) is 7.11 Å². The Bertz CT molecular complexity index is 517. The first-order chi connectivity index (χ1) is 8.60. The van der Waals surface area contributed by atoms with Crippen molar-refractivity contribution in [1.82, 2.24) is 0 Å². The van der Waals surface area contributed by atoms with Gasteiger partial charge in [-0.15, -0.1) is 11.3 Å². The molecule has 0 amide bonds. The molecule has 2 aromatic rings. The average molecular weight is 283 g/mol. The number of thiophene rings is 1. The van der Waals surface area contributed by atoms with Crippen LogP contribution >= 0.6 is 22.9 Å². The fraction of sp³-hybridized carbons (Fsp3) is 0.286. The van der Waals surface area contributed by atoms with Crippen LogP contribution in [0.4, 0.5) is 0 Å². The molecular weight excluding hydrogens is 268 g/mol. The van der Waals surface area contributed by atoms with Crippen molar-refractivity contribution in [3.8, 4) is 5.75 Å². The van der Waals surface area contributed by atoms with Gasteiger partial charge < -0.3 is 9.84 Å². The Hall–Kier alpha value is -1.03. The molecule has 0 spiro atoms. The molecule has 0 saturated carbocycles. The zero-order chi connectivity index (χ0) is 13.1. The highest BCUT2D eigenvalue weighted by molar-refractivity contribution is 7.16. The maximum Gasteiger partial charge on any atom is 0.119 e. The predicted molar refractivity (Wildman–Crippen MR) is 75.7 cm³/mol. The number of ether oxygens (including phenoxy) is 1. The minimum Gasteiger partial charge on any atom is -0.497 e. The van der Waals surface area contributed by atoms with E-state index in [0.717, 1.165) is 26.1 Å². The molecule has 1 N–H and O–H groups in total. The summed E-state index contributed by atoms with van der Waals surface area (Å²) in [4.78, 5) is 0.903. The molecule has 0 aliphatic carbocycles. The van der Waals surface area contributed by atoms with Crippen LogP contribution in [0.25, 0.3) is 0 Å². The van der Waals surface area contributed by atoms with Gasteiger partial charge in [-0.05, 0) is 36.2 Å². The Labute approximate surface area is 116 Å². The molecule has 0 fully saturated rings. The van der Waals surface area contributed by atoms with E-state index >= 15 is 0 Å². The molecule has 4 heteroatoms. The van der Waals surface area contributed by atoms with Crippen LogP contribution in [-0.4, -0.2) is 12.2 Å². The summed E-state index contributed by atoms with van der Waals surface area (Å²) in [6, 6.07) is 9.67. The second kappa shape index (κ2) is 5.74. The normalized spacial score (nSPS) is 12.4. The van der Waals surface area contributed by atoms with Gasteiger partial charge in [-0.2, -0.15) is 0 Å². The maximum atomic E-state index is 10.2. The van der Waals surface area contributed by atoms with E-state index in [-0.39, 0.29) is 0 Å². The number of aliphatic hydroxyl groups is 1. The van der Waals surface area contributed by atoms with Gasteiger partial charge in [0, 0.05) is 11.3 Å². The first-order valence-electron chi connectivity index (χ1n) is 5.67. The Morgan fingerprint density at radius 2 is 2.17 bits per heavy atom. The van der Waals surface area contributed by atoms with Crippen LogP contribution < -0.4 is 4.74 Å². The highest BCUT2D eigenvalue weighted by atomic mass is 35.5. The SMILES string of the molecule is COc1cccc(CC(O)c2cc(C)c(Cl)s2)c1. The summed E-state index contributed by atoms with van der Waals surface area (Å²) in [5.41, 5.74) is 2.06. The van der Waals surface area contributed by atoms with Crippen molar-refractivity contribution in [3.63, 3.8) is 0 Å². The third-order valence-electron chi connectivity index (χ3n) is 2.77. The second-order valence-corrected chi connectivity index (χ2v) is 5.86. The van der Waals surface area contributed by atoms with Crippen molar-refractivity contribution in [2.45, 2.75) is 19.4 Å². The topological polar surface area (TPSA) is 29.5 Å². The standard InChI is InChI=1S/C14H15ClO2S/c1-9-6-13(18-14(9)15)12(16)8-10-4-3-5-11(7-10)17-2/h3-7,12,16H,8H2,1-2H3. The lowest BCUT2D eigenvalue weighted by Gasteiger charge is -2.09. The lowest BCUT2D eigenvalue weighted by Crippen LogP contribution is -1.99. The number of hydrogen-bond acceptors (Lipinski definition) is 3. The van der Waals surface area contributed by atoms with E-state index in [4.69, 9.17) is 16.3 Å². The fourth-order valence-electron chi connectivity index (χ4n) is 1.77. The monoisotopic (exact) mass is 282 g/mol. The third-order valence-corrected chi connectivity index (χ3v) is 4.42. The van der Waals surface area contributed by atoms with Gasteiger partial charge in [0.15, 0.2) is 0 Å². The largest absolute Gasteiger partial charge is 0.497 e. The molecule has 0 aliphatic rings. The summed E-state index contributed by atoms with van der Waals surface area (Å²) in [5, 5.41) is 10.2. The molecule has 2 rings (SSSR count). The molecule has 0 saturated heterocycles. The van der Waals surface area contributed by atoms with Crippen LogP contribution in [0.1, 0.15) is 22.1 Å². The fourth-order valence-corrected chi connectivity index (χ4v) is 2.97. The van der Waals surface area contributed by atoms with Crippen molar-refractivity contribution in [2.24, 2.45) is 0 Å². The van der Waals surface area contributed by atoms with E-state index in [1.165, 1.54) is 11.3 Å². The highest BCUT2D eigenvalue weighted by Gasteiger charge is 2.13. The van der Waals surface area contributed by atoms with Gasteiger partial charge in [-0.1, -0.05) is 23.7 Å². The molecule has 0 bridgehead atoms. The molecule has 1 heterocycles. The summed E-state index contributed by atoms with van der Waals surface area (Å²) < 4.78 is 5.91. The first kappa shape index (κ1) is 13.4. The lowest BCUT2D eigenvalue weighted by atomic mass is 10.1. The number of methoxy groups -OCH3 is 1. The van der Waals surface area contributed by atoms with Gasteiger partial charge >= 0.3 is 0 Å². The highest BCUT2D eigenvalue weighted by Crippen LogP contribution is 2.32. The maximum absolute atomic E-state index is 10.2. The number of halogens is 1. The number of hydrogen-bond donors (Lipinski definition) is 1. The Morgan fingerprint density at radius 3 is 2.78 bits per heavy atom. The smallest absolute Gasteiger partial charge is 0.119 e. The quantitative estimate of drug-likeness (QED) is 0.919. The van der Waals surface area contributed by atoms with Crippen LogP contribution in [0, 0.1) is 6.92 Å². The van der Waals surface area contributed by atoms with Crippen molar-refractivity contribution in [1.29, 1.82) is 0 Å². The summed E-state index contributed by atoms with van der Waals surface area (Å²) in [5.74, 6) is 0.806. The lowest BCUT2D eigenvalue weighted by molar-refractivity contribution is 0.182. The van der Waals surface area contributed by atoms with Gasteiger partial charge in [0.2, 0.25) is 0 Å². The molecule has 1 aromatic carbocycles. The molecule has 1 unspecified atom stereocenters. The van der Waals surface area contributed by atoms with Crippen LogP contribution in [0.5, 0.6) is 5.75 Å². The number of aryl methyl sites for hydroxylation is 1. The van der Waals surface area contributed by atoms with E-state index in [0.29, 0.717) is 6.42 Å². The zero-order valence-corrected chi connectivity index (χ0v) is 11.9. The van der Waals surface area contributed by atoms with Gasteiger partial charge in [-0.25, -0.2) is 0 Å². The number of benzene rings is 1. The van der Waals surface area contributed by atoms with Crippen molar-refractivity contribution in [2.75, 3.05) is 7.11 Å². The van der Waals surface area contributed by atoms with Gasteiger partial charge in [0.05, 0.1) is 17.6 Å². The average Bonchev–Trinajstić information content (AvgIpc) is 2.70. The molecule has 0 radical (unpaired) electrons. The van der Waals surface area contributed by atoms with Gasteiger partial charge in [-0.3, -0.25) is 0 Å². The van der Waals surface area contributed by atoms with Crippen LogP contribution in [0.15, 0.2) is 30.3 Å². The van der Waals surface area contributed by atoms with Gasteiger partial charge in [0.1, 0.15) is 5.75 Å². The molecule has 2 nitrogen and oxygen atoms in total. The van der Waals surface area contributed by atoms with E-state index in [9.17, 15) is 5.11 Å². The Balaban J connectivity index is 2.13. The molecule has 96 valence electrons. The summed E-state index contributed by atoms with van der Waals surface area (Å²) in [6.45, 7) is 1.95. The van der Waals surface area contributed by atoms with E-state index < -0.39 is 6.10 Å². The minimum atomic E-state index is -0.520. The van der Waals surface area contributed by atoms with Crippen LogP contribution in [0.2, 0.25) is 4.34 Å². The molecule has 1 aromatic heterocycles. The molecule has 18 heavy (non-hydrogen) atoms. The van der Waals surface area contributed by atoms with E-state index in [1.807, 2.05) is 37.3 Å². The summed E-state index contributed by atoms with van der Waals surface area (Å²) >= 11 is 7.45. The Kier molecular flexibility index (Phi) is 4.27. The number of rotatable bonds is 4. The van der Waals surface area contributed by atoms with Gasteiger partial charge in [0.25, 0.3) is 0 Å². The summed E-state index contributed by atoms with van der Waals surface area (Å²) in [6.07, 6.45) is 0.0429. The zero-order valence-electron chi connectivity index (χ0n) is 10.3. The van der Waals surface area contributed by atoms with Crippen LogP contribution in [0.3, 0.4) is 0 Å². The van der Waals surface area contributed by atoms with Crippen molar-refractivity contribution in [3.05, 3.63) is 50.7 Å². The molecule has 0 aliphatic heterocycles. The second-order valence-electron chi connectivity index (χ2n) is 4.18. The molecular formula is C14H15ClO2S. The van der Waals surface area contributed by atoms with Crippen LogP contribution in [-0.2, 0) is 6.42 Å². The van der Waals surface area contributed by atoms with Crippen molar-refractivity contribution < 1.29 is 9.84 Å². The summed E-state index contributed by atoms with van der Waals surface area (Å²) in [7, 11) is 1.64.